The fourth-order valence-electron chi connectivity index (χ4n) is 1.97. The second-order valence-electron chi connectivity index (χ2n) is 3.91. The molecule has 2 rings (SSSR count). The second-order valence-corrected chi connectivity index (χ2v) is 4.83. The molecule has 1 aromatic rings. The molecule has 92 valence electrons. The molecule has 0 bridgehead atoms. The van der Waals surface area contributed by atoms with Crippen molar-refractivity contribution in [3.05, 3.63) is 16.6 Å². The van der Waals surface area contributed by atoms with E-state index < -0.39 is 0 Å². The van der Waals surface area contributed by atoms with Crippen molar-refractivity contribution in [1.82, 2.24) is 15.2 Å². The molecule has 0 spiro atoms. The first kappa shape index (κ1) is 12.0. The Morgan fingerprint density at radius 1 is 1.59 bits per heavy atom. The maximum absolute atomic E-state index is 11.9. The molecule has 1 N–H and O–H groups in total. The molecule has 1 fully saturated rings. The normalized spacial score (nSPS) is 18.8. The van der Waals surface area contributed by atoms with Crippen molar-refractivity contribution in [2.24, 2.45) is 0 Å². The van der Waals surface area contributed by atoms with E-state index in [1.807, 2.05) is 12.3 Å². The molecule has 0 radical (unpaired) electrons. The van der Waals surface area contributed by atoms with Gasteiger partial charge in [0.1, 0.15) is 5.01 Å². The van der Waals surface area contributed by atoms with Crippen LogP contribution in [0.5, 0.6) is 0 Å². The van der Waals surface area contributed by atoms with Crippen LogP contribution in [0.2, 0.25) is 0 Å². The lowest BCUT2D eigenvalue weighted by Crippen LogP contribution is -2.37. The predicted molar refractivity (Wildman–Crippen MR) is 64.5 cm³/mol. The van der Waals surface area contributed by atoms with Crippen LogP contribution >= 0.6 is 11.3 Å². The molecule has 1 aliphatic heterocycles. The Morgan fingerprint density at radius 3 is 3.06 bits per heavy atom. The first-order chi connectivity index (χ1) is 8.22. The minimum Gasteiger partial charge on any atom is -0.347 e. The fraction of sp³-hybridized carbons (Fsp3) is 0.545. The van der Waals surface area contributed by atoms with E-state index in [4.69, 9.17) is 0 Å². The first-order valence-corrected chi connectivity index (χ1v) is 6.56. The molecule has 5 nitrogen and oxygen atoms in total. The van der Waals surface area contributed by atoms with E-state index in [0.29, 0.717) is 13.0 Å². The summed E-state index contributed by atoms with van der Waals surface area (Å²) in [6.45, 7) is 2.60. The number of nitrogens with zero attached hydrogens (tertiary/aromatic N) is 2. The first-order valence-electron chi connectivity index (χ1n) is 5.68. The van der Waals surface area contributed by atoms with Crippen LogP contribution in [0.3, 0.4) is 0 Å². The Bertz CT molecular complexity index is 405. The highest BCUT2D eigenvalue weighted by Crippen LogP contribution is 2.26. The van der Waals surface area contributed by atoms with Crippen LogP contribution in [0.25, 0.3) is 0 Å². The number of aromatic nitrogens is 1. The van der Waals surface area contributed by atoms with Crippen LogP contribution in [-0.2, 0) is 9.59 Å². The van der Waals surface area contributed by atoms with E-state index in [1.54, 1.807) is 22.4 Å². The summed E-state index contributed by atoms with van der Waals surface area (Å²) in [5.41, 5.74) is 0. The Balaban J connectivity index is 2.18. The average molecular weight is 253 g/mol. The van der Waals surface area contributed by atoms with Crippen LogP contribution in [-0.4, -0.2) is 34.8 Å². The van der Waals surface area contributed by atoms with Gasteiger partial charge in [-0.2, -0.15) is 0 Å². The summed E-state index contributed by atoms with van der Waals surface area (Å²) in [6, 6.07) is -0.00444. The van der Waals surface area contributed by atoms with Gasteiger partial charge < -0.3 is 10.2 Å². The van der Waals surface area contributed by atoms with Gasteiger partial charge in [0, 0.05) is 24.5 Å². The lowest BCUT2D eigenvalue weighted by molar-refractivity contribution is -0.132. The van der Waals surface area contributed by atoms with Gasteiger partial charge in [0.25, 0.3) is 0 Å². The standard InChI is InChI=1S/C11H15N3O2S/c1-2-8(11-12-4-6-17-11)14-5-3-9(15)13-7-10(14)16/h4,6,8H,2-3,5,7H2,1H3,(H,13,15). The number of rotatable bonds is 3. The monoisotopic (exact) mass is 253 g/mol. The Morgan fingerprint density at radius 2 is 2.41 bits per heavy atom. The van der Waals surface area contributed by atoms with Crippen molar-refractivity contribution in [2.75, 3.05) is 13.1 Å². The van der Waals surface area contributed by atoms with Crippen LogP contribution in [0.15, 0.2) is 11.6 Å². The number of carbonyl (C=O) groups excluding carboxylic acids is 2. The van der Waals surface area contributed by atoms with Crippen molar-refractivity contribution in [1.29, 1.82) is 0 Å². The zero-order chi connectivity index (χ0) is 12.3. The maximum atomic E-state index is 11.9. The van der Waals surface area contributed by atoms with Gasteiger partial charge in [0.15, 0.2) is 0 Å². The van der Waals surface area contributed by atoms with Crippen LogP contribution < -0.4 is 5.32 Å². The van der Waals surface area contributed by atoms with Gasteiger partial charge in [0.2, 0.25) is 11.8 Å². The summed E-state index contributed by atoms with van der Waals surface area (Å²) in [7, 11) is 0. The Kier molecular flexibility index (Phi) is 3.73. The molecule has 0 aromatic carbocycles. The van der Waals surface area contributed by atoms with E-state index >= 15 is 0 Å². The molecule has 2 heterocycles. The smallest absolute Gasteiger partial charge is 0.242 e. The molecule has 2 amide bonds. The average Bonchev–Trinajstić information content (AvgIpc) is 2.79. The highest BCUT2D eigenvalue weighted by Gasteiger charge is 2.28. The minimum absolute atomic E-state index is 0.00444. The number of nitrogens with one attached hydrogen (secondary N) is 1. The van der Waals surface area contributed by atoms with Crippen molar-refractivity contribution >= 4 is 23.2 Å². The molecule has 1 aliphatic rings. The largest absolute Gasteiger partial charge is 0.347 e. The van der Waals surface area contributed by atoms with Gasteiger partial charge in [0.05, 0.1) is 12.6 Å². The third-order valence-corrected chi connectivity index (χ3v) is 3.71. The summed E-state index contributed by atoms with van der Waals surface area (Å²) in [6.07, 6.45) is 2.93. The zero-order valence-corrected chi connectivity index (χ0v) is 10.5. The second kappa shape index (κ2) is 5.27. The van der Waals surface area contributed by atoms with Crippen LogP contribution in [0.4, 0.5) is 0 Å². The molecule has 0 aliphatic carbocycles. The van der Waals surface area contributed by atoms with Gasteiger partial charge >= 0.3 is 0 Å². The number of carbonyl (C=O) groups is 2. The molecule has 1 aromatic heterocycles. The van der Waals surface area contributed by atoms with Crippen molar-refractivity contribution in [3.63, 3.8) is 0 Å². The summed E-state index contributed by atoms with van der Waals surface area (Å²) in [5, 5.41) is 5.45. The van der Waals surface area contributed by atoms with E-state index in [9.17, 15) is 9.59 Å². The van der Waals surface area contributed by atoms with E-state index in [2.05, 4.69) is 10.3 Å². The molecule has 0 saturated carbocycles. The van der Waals surface area contributed by atoms with Gasteiger partial charge in [-0.25, -0.2) is 4.98 Å². The maximum Gasteiger partial charge on any atom is 0.242 e. The van der Waals surface area contributed by atoms with Gasteiger partial charge in [-0.3, -0.25) is 9.59 Å². The topological polar surface area (TPSA) is 62.3 Å². The third-order valence-electron chi connectivity index (χ3n) is 2.84. The number of hydrogen-bond donors (Lipinski definition) is 1. The SMILES string of the molecule is CCC(c1nccs1)N1CCC(=O)NCC1=O. The lowest BCUT2D eigenvalue weighted by Gasteiger charge is -2.27. The summed E-state index contributed by atoms with van der Waals surface area (Å²) in [4.78, 5) is 29.2. The molecule has 1 atom stereocenters. The number of hydrogen-bond acceptors (Lipinski definition) is 4. The molecule has 6 heteroatoms. The highest BCUT2D eigenvalue weighted by molar-refractivity contribution is 7.09. The van der Waals surface area contributed by atoms with Crippen molar-refractivity contribution in [3.8, 4) is 0 Å². The summed E-state index contributed by atoms with van der Waals surface area (Å²) < 4.78 is 0. The lowest BCUT2D eigenvalue weighted by atomic mass is 10.2. The number of thiazole rings is 1. The van der Waals surface area contributed by atoms with Gasteiger partial charge in [-0.15, -0.1) is 11.3 Å². The van der Waals surface area contributed by atoms with Gasteiger partial charge in [-0.05, 0) is 6.42 Å². The highest BCUT2D eigenvalue weighted by atomic mass is 32.1. The van der Waals surface area contributed by atoms with E-state index in [1.165, 1.54) is 0 Å². The summed E-state index contributed by atoms with van der Waals surface area (Å²) >= 11 is 1.55. The Labute approximate surface area is 104 Å². The molecule has 1 unspecified atom stereocenters. The third kappa shape index (κ3) is 2.63. The number of amides is 2. The van der Waals surface area contributed by atoms with Crippen LogP contribution in [0, 0.1) is 0 Å². The summed E-state index contributed by atoms with van der Waals surface area (Å²) in [5.74, 6) is -0.0901. The van der Waals surface area contributed by atoms with Gasteiger partial charge in [-0.1, -0.05) is 6.92 Å². The van der Waals surface area contributed by atoms with Crippen LogP contribution in [0.1, 0.15) is 30.8 Å². The minimum atomic E-state index is -0.0603. The predicted octanol–water partition coefficient (Wildman–Crippen LogP) is 0.943. The Hall–Kier alpha value is -1.43. The van der Waals surface area contributed by atoms with E-state index in [0.717, 1.165) is 11.4 Å². The van der Waals surface area contributed by atoms with Crippen molar-refractivity contribution in [2.45, 2.75) is 25.8 Å². The quantitative estimate of drug-likeness (QED) is 0.872. The fourth-order valence-corrected chi connectivity index (χ4v) is 2.80. The zero-order valence-electron chi connectivity index (χ0n) is 9.68. The molecule has 1 saturated heterocycles. The van der Waals surface area contributed by atoms with Crippen molar-refractivity contribution < 1.29 is 9.59 Å². The molecule has 17 heavy (non-hydrogen) atoms. The molecular weight excluding hydrogens is 238 g/mol. The van der Waals surface area contributed by atoms with E-state index in [-0.39, 0.29) is 24.4 Å². The molecular formula is C11H15N3O2S.